The number of nitrogens with zero attached hydrogens (tertiary/aromatic N) is 2. The SMILES string of the molecule is Cc1c(CC(=O)N[C@H]2COCC3CC(C#N)C[N+](=O)C32)c(=O)[nH]c2ccc(F)cc12. The highest BCUT2D eigenvalue weighted by atomic mass is 19.1. The normalized spacial score (nSPS) is 26.1. The molecule has 2 aromatic rings. The second kappa shape index (κ2) is 7.95. The molecule has 1 aromatic heterocycles. The van der Waals surface area contributed by atoms with E-state index in [2.05, 4.69) is 16.4 Å². The molecule has 2 aliphatic rings. The Morgan fingerprint density at radius 1 is 1.43 bits per heavy atom. The summed E-state index contributed by atoms with van der Waals surface area (Å²) in [6.07, 6.45) is 0.364. The van der Waals surface area contributed by atoms with E-state index in [-0.39, 0.29) is 37.0 Å². The van der Waals surface area contributed by atoms with Gasteiger partial charge in [-0.1, -0.05) is 0 Å². The van der Waals surface area contributed by atoms with Crippen LogP contribution in [0.3, 0.4) is 0 Å². The van der Waals surface area contributed by atoms with Gasteiger partial charge in [-0.25, -0.2) is 4.39 Å². The third kappa shape index (κ3) is 3.71. The highest BCUT2D eigenvalue weighted by Crippen LogP contribution is 2.30. The number of H-pyrrole nitrogens is 1. The number of hydrogen-bond acceptors (Lipinski definition) is 5. The molecule has 3 unspecified atom stereocenters. The van der Waals surface area contributed by atoms with Gasteiger partial charge < -0.3 is 15.0 Å². The van der Waals surface area contributed by atoms with Crippen LogP contribution >= 0.6 is 0 Å². The number of piperidine rings is 1. The fraction of sp³-hybridized carbons (Fsp3) is 0.476. The van der Waals surface area contributed by atoms with Crippen molar-refractivity contribution in [1.29, 1.82) is 5.26 Å². The van der Waals surface area contributed by atoms with Crippen LogP contribution in [0.2, 0.25) is 0 Å². The van der Waals surface area contributed by atoms with Gasteiger partial charge in [-0.2, -0.15) is 5.26 Å². The highest BCUT2D eigenvalue weighted by molar-refractivity contribution is 5.85. The predicted molar refractivity (Wildman–Crippen MR) is 105 cm³/mol. The molecule has 4 atom stereocenters. The highest BCUT2D eigenvalue weighted by Gasteiger charge is 2.50. The zero-order chi connectivity index (χ0) is 21.4. The molecule has 1 aromatic carbocycles. The molecule has 0 spiro atoms. The van der Waals surface area contributed by atoms with E-state index in [0.717, 1.165) is 4.76 Å². The number of amides is 1. The number of pyridine rings is 1. The van der Waals surface area contributed by atoms with Gasteiger partial charge in [0.25, 0.3) is 5.56 Å². The third-order valence-corrected chi connectivity index (χ3v) is 6.07. The lowest BCUT2D eigenvalue weighted by atomic mass is 9.81. The van der Waals surface area contributed by atoms with Crippen molar-refractivity contribution < 1.29 is 18.7 Å². The van der Waals surface area contributed by atoms with Crippen LogP contribution in [-0.2, 0) is 16.0 Å². The average molecular weight is 413 g/mol. The van der Waals surface area contributed by atoms with Crippen LogP contribution in [-0.4, -0.2) is 47.5 Å². The fourth-order valence-corrected chi connectivity index (χ4v) is 4.61. The van der Waals surface area contributed by atoms with Gasteiger partial charge in [-0.3, -0.25) is 9.59 Å². The Bertz CT molecular complexity index is 1120. The Balaban J connectivity index is 1.53. The molecule has 4 rings (SSSR count). The van der Waals surface area contributed by atoms with Crippen molar-refractivity contribution in [3.05, 3.63) is 50.4 Å². The summed E-state index contributed by atoms with van der Waals surface area (Å²) in [6.45, 7) is 2.37. The molecule has 0 radical (unpaired) electrons. The van der Waals surface area contributed by atoms with Crippen molar-refractivity contribution in [1.82, 2.24) is 10.3 Å². The van der Waals surface area contributed by atoms with Crippen molar-refractivity contribution in [2.45, 2.75) is 31.8 Å². The van der Waals surface area contributed by atoms with Crippen molar-refractivity contribution in [2.24, 2.45) is 11.8 Å². The number of benzene rings is 1. The Kier molecular flexibility index (Phi) is 5.35. The van der Waals surface area contributed by atoms with Crippen LogP contribution in [0.5, 0.6) is 0 Å². The van der Waals surface area contributed by atoms with Crippen LogP contribution in [0, 0.1) is 40.8 Å². The van der Waals surface area contributed by atoms with Gasteiger partial charge in [0.2, 0.25) is 18.5 Å². The van der Waals surface area contributed by atoms with E-state index in [9.17, 15) is 18.9 Å². The van der Waals surface area contributed by atoms with Crippen LogP contribution in [0.1, 0.15) is 17.5 Å². The van der Waals surface area contributed by atoms with E-state index in [4.69, 9.17) is 10.00 Å². The number of nitroso groups, excluding NO2 is 1. The molecular weight excluding hydrogens is 391 g/mol. The molecule has 0 bridgehead atoms. The zero-order valence-electron chi connectivity index (χ0n) is 16.5. The molecule has 2 N–H and O–H groups in total. The lowest BCUT2D eigenvalue weighted by molar-refractivity contribution is -0.617. The van der Waals surface area contributed by atoms with Crippen molar-refractivity contribution in [3.63, 3.8) is 0 Å². The Labute approximate surface area is 171 Å². The Morgan fingerprint density at radius 3 is 3.00 bits per heavy atom. The summed E-state index contributed by atoms with van der Waals surface area (Å²) in [7, 11) is 0. The Hall–Kier alpha value is -3.12. The number of rotatable bonds is 3. The van der Waals surface area contributed by atoms with Crippen molar-refractivity contribution in [3.8, 4) is 6.07 Å². The molecule has 2 fully saturated rings. The van der Waals surface area contributed by atoms with E-state index in [0.29, 0.717) is 29.5 Å². The van der Waals surface area contributed by atoms with E-state index in [1.54, 1.807) is 6.92 Å². The maximum atomic E-state index is 13.6. The molecule has 2 aliphatic heterocycles. The summed E-state index contributed by atoms with van der Waals surface area (Å²) in [6, 6.07) is 5.23. The molecule has 9 heteroatoms. The fourth-order valence-electron chi connectivity index (χ4n) is 4.61. The van der Waals surface area contributed by atoms with E-state index < -0.39 is 29.4 Å². The van der Waals surface area contributed by atoms with Crippen LogP contribution in [0.4, 0.5) is 4.39 Å². The molecule has 2 saturated heterocycles. The monoisotopic (exact) mass is 413 g/mol. The van der Waals surface area contributed by atoms with Crippen LogP contribution in [0.15, 0.2) is 23.0 Å². The van der Waals surface area contributed by atoms with Gasteiger partial charge in [-0.05, 0) is 37.1 Å². The second-order valence-electron chi connectivity index (χ2n) is 8.05. The summed E-state index contributed by atoms with van der Waals surface area (Å²) in [5.74, 6) is -1.32. The number of hydrogen-bond donors (Lipinski definition) is 2. The summed E-state index contributed by atoms with van der Waals surface area (Å²) in [4.78, 5) is 40.4. The molecule has 8 nitrogen and oxygen atoms in total. The third-order valence-electron chi connectivity index (χ3n) is 6.07. The number of aryl methyl sites for hydroxylation is 1. The summed E-state index contributed by atoms with van der Waals surface area (Å²) in [5, 5.41) is 12.5. The standard InChI is InChI=1S/C21H21FN4O4/c1-11-15-5-14(22)2-3-17(15)25-21(28)16(11)6-19(27)24-18-10-30-9-13-4-12(7-23)8-26(29)20(13)18/h2-3,5,12-13,18,20H,4,6,8-10H2,1H3,(H-,24,25,27,28)/p+1/t12?,13?,18-,20?/m0/s1. The van der Waals surface area contributed by atoms with Gasteiger partial charge in [0.1, 0.15) is 17.8 Å². The number of nitriles is 1. The van der Waals surface area contributed by atoms with E-state index >= 15 is 0 Å². The number of ether oxygens (including phenoxy) is 1. The van der Waals surface area contributed by atoms with Crippen LogP contribution in [0.25, 0.3) is 10.9 Å². The summed E-state index contributed by atoms with van der Waals surface area (Å²) >= 11 is 0. The first kappa shape index (κ1) is 20.2. The maximum absolute atomic E-state index is 13.6. The molecule has 0 aliphatic carbocycles. The quantitative estimate of drug-likeness (QED) is 0.737. The first-order valence-corrected chi connectivity index (χ1v) is 9.89. The summed E-state index contributed by atoms with van der Waals surface area (Å²) < 4.78 is 20.1. The van der Waals surface area contributed by atoms with E-state index in [1.807, 2.05) is 0 Å². The number of aromatic amines is 1. The summed E-state index contributed by atoms with van der Waals surface area (Å²) in [5.41, 5.74) is 0.898. The van der Waals surface area contributed by atoms with Gasteiger partial charge in [0.05, 0.1) is 31.6 Å². The Morgan fingerprint density at radius 2 is 2.23 bits per heavy atom. The first-order chi connectivity index (χ1) is 14.4. The second-order valence-corrected chi connectivity index (χ2v) is 8.05. The largest absolute Gasteiger partial charge is 0.378 e. The van der Waals surface area contributed by atoms with Crippen LogP contribution < -0.4 is 10.9 Å². The number of carbonyl (C=O) groups is 1. The molecule has 1 amide bonds. The minimum Gasteiger partial charge on any atom is -0.378 e. The van der Waals surface area contributed by atoms with Gasteiger partial charge >= 0.3 is 0 Å². The maximum Gasteiger partial charge on any atom is 0.252 e. The lowest BCUT2D eigenvalue weighted by Crippen LogP contribution is -2.60. The lowest BCUT2D eigenvalue weighted by Gasteiger charge is -2.36. The van der Waals surface area contributed by atoms with Gasteiger partial charge in [-0.15, -0.1) is 0 Å². The molecule has 3 heterocycles. The minimum atomic E-state index is -0.523. The molecule has 30 heavy (non-hydrogen) atoms. The average Bonchev–Trinajstić information content (AvgIpc) is 2.71. The number of aromatic nitrogens is 1. The topological polar surface area (TPSA) is 115 Å². The number of fused-ring (bicyclic) bond motifs is 2. The zero-order valence-corrected chi connectivity index (χ0v) is 16.5. The number of nitrogens with one attached hydrogen (secondary N) is 2. The first-order valence-electron chi connectivity index (χ1n) is 9.89. The molecule has 0 saturated carbocycles. The van der Waals surface area contributed by atoms with Crippen molar-refractivity contribution >= 4 is 16.8 Å². The van der Waals surface area contributed by atoms with Crippen molar-refractivity contribution in [2.75, 3.05) is 19.8 Å². The minimum absolute atomic E-state index is 0.110. The van der Waals surface area contributed by atoms with Gasteiger partial charge in [0.15, 0.2) is 0 Å². The molecule has 156 valence electrons. The number of carbonyl (C=O) groups excluding carboxylic acids is 1. The number of halogens is 1. The smallest absolute Gasteiger partial charge is 0.252 e. The predicted octanol–water partition coefficient (Wildman–Crippen LogP) is 1.34. The van der Waals surface area contributed by atoms with E-state index in [1.165, 1.54) is 18.2 Å². The van der Waals surface area contributed by atoms with Gasteiger partial charge in [0, 0.05) is 26.1 Å². The molecular formula is C21H22FN4O4+.